The van der Waals surface area contributed by atoms with Crippen LogP contribution in [0.15, 0.2) is 47.3 Å². The Morgan fingerprint density at radius 2 is 1.71 bits per heavy atom. The minimum atomic E-state index is -0.297. The molecule has 0 aliphatic carbocycles. The summed E-state index contributed by atoms with van der Waals surface area (Å²) in [6.07, 6.45) is 1.89. The highest BCUT2D eigenvalue weighted by atomic mass is 35.5. The van der Waals surface area contributed by atoms with Gasteiger partial charge >= 0.3 is 0 Å². The first-order valence-corrected chi connectivity index (χ1v) is 10.6. The van der Waals surface area contributed by atoms with Gasteiger partial charge in [0.2, 0.25) is 5.95 Å². The van der Waals surface area contributed by atoms with Gasteiger partial charge in [0.1, 0.15) is 12.4 Å². The second-order valence-corrected chi connectivity index (χ2v) is 7.79. The Labute approximate surface area is 180 Å². The number of benzene rings is 2. The molecule has 28 heavy (non-hydrogen) atoms. The van der Waals surface area contributed by atoms with Gasteiger partial charge in [-0.2, -0.15) is 0 Å². The minimum absolute atomic E-state index is 0.00881. The van der Waals surface area contributed by atoms with E-state index in [4.69, 9.17) is 39.5 Å². The predicted octanol–water partition coefficient (Wildman–Crippen LogP) is 5.24. The molecule has 10 heteroatoms. The largest absolute Gasteiger partial charge is 0.487 e. The van der Waals surface area contributed by atoms with E-state index in [1.54, 1.807) is 42.5 Å². The van der Waals surface area contributed by atoms with Gasteiger partial charge in [-0.15, -0.1) is 22.0 Å². The van der Waals surface area contributed by atoms with Crippen molar-refractivity contribution in [3.8, 4) is 5.75 Å². The third-order valence-corrected chi connectivity index (χ3v) is 4.78. The summed E-state index contributed by atoms with van der Waals surface area (Å²) in [7, 11) is 0. The fourth-order valence-electron chi connectivity index (χ4n) is 2.33. The molecule has 146 valence electrons. The first-order chi connectivity index (χ1) is 13.5. The lowest BCUT2D eigenvalue weighted by atomic mass is 10.3. The first kappa shape index (κ1) is 20.8. The van der Waals surface area contributed by atoms with Crippen LogP contribution in [0, 0.1) is 0 Å². The van der Waals surface area contributed by atoms with Crippen molar-refractivity contribution >= 4 is 58.2 Å². The van der Waals surface area contributed by atoms with E-state index in [1.807, 2.05) is 6.26 Å². The maximum atomic E-state index is 12.8. The van der Waals surface area contributed by atoms with E-state index in [2.05, 4.69) is 15.5 Å². The zero-order chi connectivity index (χ0) is 20.1. The molecule has 1 aromatic heterocycles. The highest BCUT2D eigenvalue weighted by molar-refractivity contribution is 7.97. The van der Waals surface area contributed by atoms with Crippen LogP contribution in [-0.4, -0.2) is 21.0 Å². The maximum absolute atomic E-state index is 12.8. The van der Waals surface area contributed by atoms with Crippen LogP contribution in [0.4, 0.5) is 11.6 Å². The van der Waals surface area contributed by atoms with Crippen molar-refractivity contribution in [3.63, 3.8) is 0 Å². The second-order valence-electron chi connectivity index (χ2n) is 5.65. The summed E-state index contributed by atoms with van der Waals surface area (Å²) in [4.78, 5) is 12.8. The van der Waals surface area contributed by atoms with Crippen molar-refractivity contribution < 1.29 is 4.74 Å². The topological polar surface area (TPSA) is 69.0 Å². The molecule has 0 fully saturated rings. The normalized spacial score (nSPS) is 10.7. The van der Waals surface area contributed by atoms with Gasteiger partial charge < -0.3 is 10.1 Å². The molecule has 0 spiro atoms. The van der Waals surface area contributed by atoms with E-state index >= 15 is 0 Å². The molecule has 0 bridgehead atoms. The third-order valence-electron chi connectivity index (χ3n) is 3.58. The summed E-state index contributed by atoms with van der Waals surface area (Å²) < 4.78 is 7.09. The van der Waals surface area contributed by atoms with Crippen molar-refractivity contribution in [1.82, 2.24) is 14.8 Å². The number of anilines is 2. The zero-order valence-corrected chi connectivity index (χ0v) is 17.7. The lowest BCUT2D eigenvalue weighted by Crippen LogP contribution is -2.29. The van der Waals surface area contributed by atoms with Gasteiger partial charge in [0, 0.05) is 20.8 Å². The maximum Gasteiger partial charge on any atom is 0.281 e. The molecular weight excluding hydrogens is 443 g/mol. The van der Waals surface area contributed by atoms with Crippen LogP contribution in [0.1, 0.15) is 5.69 Å². The molecule has 0 radical (unpaired) electrons. The fraction of sp³-hybridized carbons (Fsp3) is 0.167. The number of ether oxygens (including phenoxy) is 1. The van der Waals surface area contributed by atoms with Gasteiger partial charge in [0.15, 0.2) is 5.69 Å². The molecule has 3 rings (SSSR count). The number of rotatable bonds is 7. The minimum Gasteiger partial charge on any atom is -0.487 e. The van der Waals surface area contributed by atoms with Crippen LogP contribution < -0.4 is 15.6 Å². The molecule has 0 atom stereocenters. The highest BCUT2D eigenvalue weighted by Crippen LogP contribution is 2.24. The molecule has 1 N–H and O–H groups in total. The van der Waals surface area contributed by atoms with Gasteiger partial charge in [-0.05, 0) is 48.7 Å². The molecule has 2 aromatic carbocycles. The Morgan fingerprint density at radius 3 is 2.36 bits per heavy atom. The number of thioether (sulfide) groups is 1. The molecule has 0 saturated heterocycles. The Morgan fingerprint density at radius 1 is 1.04 bits per heavy atom. The molecule has 0 saturated carbocycles. The number of hydrogen-bond acceptors (Lipinski definition) is 6. The molecule has 1 heterocycles. The number of halogens is 3. The molecule has 3 aromatic rings. The standard InChI is InChI=1S/C18H15Cl3N4O2S/c1-28-10-25-17(26)16(9-27-15-4-2-11(19)3-5-15)23-24-18(25)22-14-7-12(20)6-13(21)8-14/h2-8H,9-10H2,1H3,(H,22,24). The molecule has 0 aliphatic heterocycles. The van der Waals surface area contributed by atoms with Crippen LogP contribution in [0.25, 0.3) is 0 Å². The summed E-state index contributed by atoms with van der Waals surface area (Å²) in [6, 6.07) is 11.8. The molecule has 0 unspecified atom stereocenters. The van der Waals surface area contributed by atoms with Gasteiger partial charge in [-0.3, -0.25) is 9.36 Å². The molecule has 0 amide bonds. The lowest BCUT2D eigenvalue weighted by molar-refractivity contribution is 0.296. The van der Waals surface area contributed by atoms with Crippen LogP contribution in [-0.2, 0) is 12.5 Å². The van der Waals surface area contributed by atoms with Crippen LogP contribution >= 0.6 is 46.6 Å². The zero-order valence-electron chi connectivity index (χ0n) is 14.7. The Hall–Kier alpha value is -1.93. The summed E-state index contributed by atoms with van der Waals surface area (Å²) in [5, 5.41) is 12.7. The van der Waals surface area contributed by atoms with Crippen molar-refractivity contribution in [2.24, 2.45) is 0 Å². The predicted molar refractivity (Wildman–Crippen MR) is 115 cm³/mol. The number of aromatic nitrogens is 3. The van der Waals surface area contributed by atoms with Gasteiger partial charge in [-0.25, -0.2) is 0 Å². The number of nitrogens with zero attached hydrogens (tertiary/aromatic N) is 3. The quantitative estimate of drug-likeness (QED) is 0.523. The van der Waals surface area contributed by atoms with Crippen molar-refractivity contribution in [2.45, 2.75) is 12.5 Å². The summed E-state index contributed by atoms with van der Waals surface area (Å²) in [5.41, 5.74) is 0.499. The van der Waals surface area contributed by atoms with Crippen molar-refractivity contribution in [1.29, 1.82) is 0 Å². The SMILES string of the molecule is CSCn1c(Nc2cc(Cl)cc(Cl)c2)nnc(COc2ccc(Cl)cc2)c1=O. The number of nitrogens with one attached hydrogen (secondary N) is 1. The van der Waals surface area contributed by atoms with E-state index < -0.39 is 0 Å². The number of hydrogen-bond donors (Lipinski definition) is 1. The highest BCUT2D eigenvalue weighted by Gasteiger charge is 2.13. The fourth-order valence-corrected chi connectivity index (χ4v) is 3.48. The van der Waals surface area contributed by atoms with Crippen LogP contribution in [0.3, 0.4) is 0 Å². The molecule has 0 aliphatic rings. The van der Waals surface area contributed by atoms with Gasteiger partial charge in [-0.1, -0.05) is 34.8 Å². The van der Waals surface area contributed by atoms with E-state index in [1.165, 1.54) is 16.3 Å². The summed E-state index contributed by atoms with van der Waals surface area (Å²) >= 11 is 19.4. The molecular formula is C18H15Cl3N4O2S. The third kappa shape index (κ3) is 5.32. The Kier molecular flexibility index (Phi) is 7.07. The van der Waals surface area contributed by atoms with E-state index in [0.717, 1.165) is 0 Å². The average Bonchev–Trinajstić information content (AvgIpc) is 2.64. The van der Waals surface area contributed by atoms with E-state index in [-0.39, 0.29) is 23.8 Å². The second kappa shape index (κ2) is 9.52. The van der Waals surface area contributed by atoms with E-state index in [0.29, 0.717) is 32.4 Å². The summed E-state index contributed by atoms with van der Waals surface area (Å²) in [5.74, 6) is 1.25. The monoisotopic (exact) mass is 456 g/mol. The van der Waals surface area contributed by atoms with Crippen molar-refractivity contribution in [3.05, 3.63) is 73.6 Å². The lowest BCUT2D eigenvalue weighted by Gasteiger charge is -2.14. The molecule has 6 nitrogen and oxygen atoms in total. The van der Waals surface area contributed by atoms with Crippen molar-refractivity contribution in [2.75, 3.05) is 11.6 Å². The van der Waals surface area contributed by atoms with Gasteiger partial charge in [0.25, 0.3) is 5.56 Å². The van der Waals surface area contributed by atoms with Crippen LogP contribution in [0.2, 0.25) is 15.1 Å². The summed E-state index contributed by atoms with van der Waals surface area (Å²) in [6.45, 7) is -0.00881. The smallest absolute Gasteiger partial charge is 0.281 e. The van der Waals surface area contributed by atoms with Gasteiger partial charge in [0.05, 0.1) is 5.88 Å². The van der Waals surface area contributed by atoms with Crippen LogP contribution in [0.5, 0.6) is 5.75 Å². The first-order valence-electron chi connectivity index (χ1n) is 8.03. The Balaban J connectivity index is 1.85. The van der Waals surface area contributed by atoms with E-state index in [9.17, 15) is 4.79 Å². The Bertz CT molecular complexity index is 1010. The average molecular weight is 458 g/mol.